The van der Waals surface area contributed by atoms with Gasteiger partial charge < -0.3 is 10.6 Å². The molecule has 0 aliphatic heterocycles. The molecule has 1 aromatic heterocycles. The molecule has 0 bridgehead atoms. The lowest BCUT2D eigenvalue weighted by molar-refractivity contribution is 0.899. The molecule has 5 heteroatoms. The SMILES string of the molecule is CN(Cc1ccccc1Cl)c1ncc(N)cc1Cl. The third kappa shape index (κ3) is 2.86. The van der Waals surface area contributed by atoms with E-state index in [1.165, 1.54) is 0 Å². The van der Waals surface area contributed by atoms with Crippen molar-refractivity contribution in [2.45, 2.75) is 6.54 Å². The summed E-state index contributed by atoms with van der Waals surface area (Å²) < 4.78 is 0. The van der Waals surface area contributed by atoms with Gasteiger partial charge in [-0.2, -0.15) is 0 Å². The summed E-state index contributed by atoms with van der Waals surface area (Å²) in [6.07, 6.45) is 1.59. The van der Waals surface area contributed by atoms with Crippen molar-refractivity contribution in [3.8, 4) is 0 Å². The summed E-state index contributed by atoms with van der Waals surface area (Å²) in [4.78, 5) is 6.16. The molecule has 0 fully saturated rings. The maximum atomic E-state index is 6.12. The summed E-state index contributed by atoms with van der Waals surface area (Å²) in [5.74, 6) is 0.686. The average Bonchev–Trinajstić information content (AvgIpc) is 2.32. The van der Waals surface area contributed by atoms with E-state index in [0.717, 1.165) is 10.6 Å². The zero-order valence-corrected chi connectivity index (χ0v) is 11.4. The molecule has 3 nitrogen and oxygen atoms in total. The number of nitrogens with two attached hydrogens (primary N) is 1. The minimum absolute atomic E-state index is 0.532. The lowest BCUT2D eigenvalue weighted by atomic mass is 10.2. The number of anilines is 2. The Labute approximate surface area is 116 Å². The van der Waals surface area contributed by atoms with Gasteiger partial charge in [-0.05, 0) is 17.7 Å². The molecule has 2 aromatic rings. The van der Waals surface area contributed by atoms with Crippen LogP contribution in [0.4, 0.5) is 11.5 Å². The van der Waals surface area contributed by atoms with Gasteiger partial charge in [-0.15, -0.1) is 0 Å². The summed E-state index contributed by atoms with van der Waals surface area (Å²) in [6, 6.07) is 9.38. The molecule has 0 saturated heterocycles. The predicted octanol–water partition coefficient (Wildman–Crippen LogP) is 3.61. The van der Waals surface area contributed by atoms with Gasteiger partial charge >= 0.3 is 0 Å². The van der Waals surface area contributed by atoms with Gasteiger partial charge in [-0.25, -0.2) is 4.98 Å². The van der Waals surface area contributed by atoms with Gasteiger partial charge in [0.15, 0.2) is 0 Å². The van der Waals surface area contributed by atoms with E-state index < -0.39 is 0 Å². The lowest BCUT2D eigenvalue weighted by Gasteiger charge is -2.20. The van der Waals surface area contributed by atoms with Crippen LogP contribution in [0.2, 0.25) is 10.0 Å². The largest absolute Gasteiger partial charge is 0.397 e. The molecule has 2 N–H and O–H groups in total. The van der Waals surface area contributed by atoms with E-state index in [1.807, 2.05) is 36.2 Å². The highest BCUT2D eigenvalue weighted by Crippen LogP contribution is 2.26. The van der Waals surface area contributed by atoms with Crippen LogP contribution in [-0.4, -0.2) is 12.0 Å². The number of halogens is 2. The van der Waals surface area contributed by atoms with Crippen molar-refractivity contribution in [3.63, 3.8) is 0 Å². The van der Waals surface area contributed by atoms with Gasteiger partial charge in [0.25, 0.3) is 0 Å². The number of aromatic nitrogens is 1. The topological polar surface area (TPSA) is 42.2 Å². The Bertz CT molecular complexity index is 558. The maximum absolute atomic E-state index is 6.12. The van der Waals surface area contributed by atoms with E-state index in [4.69, 9.17) is 28.9 Å². The van der Waals surface area contributed by atoms with Crippen LogP contribution in [0.25, 0.3) is 0 Å². The van der Waals surface area contributed by atoms with Crippen molar-refractivity contribution in [1.82, 2.24) is 4.98 Å². The molecule has 0 radical (unpaired) electrons. The minimum atomic E-state index is 0.532. The molecule has 2 rings (SSSR count). The van der Waals surface area contributed by atoms with Crippen LogP contribution in [0, 0.1) is 0 Å². The molecular weight excluding hydrogens is 269 g/mol. The van der Waals surface area contributed by atoms with Gasteiger partial charge in [0, 0.05) is 18.6 Å². The molecule has 18 heavy (non-hydrogen) atoms. The van der Waals surface area contributed by atoms with Gasteiger partial charge in [-0.1, -0.05) is 41.4 Å². The van der Waals surface area contributed by atoms with Crippen LogP contribution in [0.1, 0.15) is 5.56 Å². The molecule has 0 saturated carbocycles. The second-order valence-corrected chi connectivity index (χ2v) is 4.84. The number of rotatable bonds is 3. The summed E-state index contributed by atoms with van der Waals surface area (Å²) >= 11 is 12.2. The molecule has 0 amide bonds. The summed E-state index contributed by atoms with van der Waals surface area (Å²) in [6.45, 7) is 0.635. The van der Waals surface area contributed by atoms with Crippen molar-refractivity contribution in [3.05, 3.63) is 52.1 Å². The van der Waals surface area contributed by atoms with Crippen LogP contribution in [0.3, 0.4) is 0 Å². The van der Waals surface area contributed by atoms with Crippen LogP contribution in [0.5, 0.6) is 0 Å². The molecule has 0 spiro atoms. The molecule has 0 aliphatic rings. The van der Waals surface area contributed by atoms with Crippen molar-refractivity contribution in [2.24, 2.45) is 0 Å². The molecule has 0 atom stereocenters. The van der Waals surface area contributed by atoms with E-state index >= 15 is 0 Å². The Morgan fingerprint density at radius 3 is 2.61 bits per heavy atom. The molecular formula is C13H13Cl2N3. The van der Waals surface area contributed by atoms with Crippen molar-refractivity contribution in [1.29, 1.82) is 0 Å². The van der Waals surface area contributed by atoms with Gasteiger partial charge in [-0.3, -0.25) is 0 Å². The summed E-state index contributed by atoms with van der Waals surface area (Å²) in [7, 11) is 1.91. The molecule has 0 aliphatic carbocycles. The van der Waals surface area contributed by atoms with Crippen LogP contribution < -0.4 is 10.6 Å². The lowest BCUT2D eigenvalue weighted by Crippen LogP contribution is -2.18. The van der Waals surface area contributed by atoms with E-state index in [2.05, 4.69) is 4.98 Å². The highest BCUT2D eigenvalue weighted by atomic mass is 35.5. The fourth-order valence-corrected chi connectivity index (χ4v) is 2.20. The molecule has 1 heterocycles. The van der Waals surface area contributed by atoms with E-state index in [9.17, 15) is 0 Å². The summed E-state index contributed by atoms with van der Waals surface area (Å²) in [5.41, 5.74) is 7.19. The fourth-order valence-electron chi connectivity index (χ4n) is 1.68. The quantitative estimate of drug-likeness (QED) is 0.935. The van der Waals surface area contributed by atoms with Crippen molar-refractivity contribution in [2.75, 3.05) is 17.7 Å². The van der Waals surface area contributed by atoms with Crippen LogP contribution in [-0.2, 0) is 6.54 Å². The first-order valence-corrected chi connectivity index (χ1v) is 6.19. The summed E-state index contributed by atoms with van der Waals surface area (Å²) in [5, 5.41) is 1.26. The number of benzene rings is 1. The second-order valence-electron chi connectivity index (χ2n) is 4.02. The number of hydrogen-bond donors (Lipinski definition) is 1. The highest BCUT2D eigenvalue weighted by molar-refractivity contribution is 6.33. The van der Waals surface area contributed by atoms with Crippen LogP contribution >= 0.6 is 23.2 Å². The normalized spacial score (nSPS) is 10.4. The Hall–Kier alpha value is -1.45. The zero-order valence-electron chi connectivity index (χ0n) is 9.90. The minimum Gasteiger partial charge on any atom is -0.397 e. The number of hydrogen-bond acceptors (Lipinski definition) is 3. The third-order valence-corrected chi connectivity index (χ3v) is 3.22. The molecule has 1 aromatic carbocycles. The smallest absolute Gasteiger partial charge is 0.147 e. The van der Waals surface area contributed by atoms with E-state index in [-0.39, 0.29) is 0 Å². The van der Waals surface area contributed by atoms with Crippen LogP contribution in [0.15, 0.2) is 36.5 Å². The third-order valence-electron chi connectivity index (χ3n) is 2.57. The number of nitrogens with zero attached hydrogens (tertiary/aromatic N) is 2. The highest BCUT2D eigenvalue weighted by Gasteiger charge is 2.10. The van der Waals surface area contributed by atoms with Crippen molar-refractivity contribution < 1.29 is 0 Å². The zero-order chi connectivity index (χ0) is 13.1. The number of nitrogen functional groups attached to an aromatic ring is 1. The Kier molecular flexibility index (Phi) is 3.94. The standard InChI is InChI=1S/C13H13Cl2N3/c1-18(8-9-4-2-3-5-11(9)14)13-12(15)6-10(16)7-17-13/h2-7H,8,16H2,1H3. The van der Waals surface area contributed by atoms with Crippen molar-refractivity contribution >= 4 is 34.7 Å². The average molecular weight is 282 g/mol. The Morgan fingerprint density at radius 2 is 1.94 bits per heavy atom. The predicted molar refractivity (Wildman–Crippen MR) is 77.2 cm³/mol. The Balaban J connectivity index is 2.22. The first-order chi connectivity index (χ1) is 8.58. The van der Waals surface area contributed by atoms with E-state index in [0.29, 0.717) is 23.1 Å². The monoisotopic (exact) mass is 281 g/mol. The van der Waals surface area contributed by atoms with E-state index in [1.54, 1.807) is 12.3 Å². The number of pyridine rings is 1. The van der Waals surface area contributed by atoms with Gasteiger partial charge in [0.1, 0.15) is 5.82 Å². The molecule has 94 valence electrons. The van der Waals surface area contributed by atoms with Gasteiger partial charge in [0.2, 0.25) is 0 Å². The first kappa shape index (κ1) is 13.0. The Morgan fingerprint density at radius 1 is 1.22 bits per heavy atom. The fraction of sp³-hybridized carbons (Fsp3) is 0.154. The second kappa shape index (κ2) is 5.46. The van der Waals surface area contributed by atoms with Gasteiger partial charge in [0.05, 0.1) is 16.9 Å². The molecule has 0 unspecified atom stereocenters. The first-order valence-electron chi connectivity index (χ1n) is 5.43. The maximum Gasteiger partial charge on any atom is 0.147 e.